The highest BCUT2D eigenvalue weighted by molar-refractivity contribution is 9.10. The van der Waals surface area contributed by atoms with Gasteiger partial charge in [0.25, 0.3) is 0 Å². The molecule has 0 amide bonds. The molecule has 2 aliphatic rings. The van der Waals surface area contributed by atoms with E-state index in [4.69, 9.17) is 0 Å². The van der Waals surface area contributed by atoms with Gasteiger partial charge >= 0.3 is 0 Å². The fraction of sp³-hybridized carbons (Fsp3) is 0.571. The molecular formula is C14H16BrF2NO. The second kappa shape index (κ2) is 4.50. The van der Waals surface area contributed by atoms with Crippen molar-refractivity contribution in [2.45, 2.75) is 43.9 Å². The standard InChI is InChI=1S/C14H16BrF2NO/c1-8-6-14(19,7-18(8)9-2-3-9)12-11(16)5-4-10(15)13(12)17/h4-5,8-9,19H,2-3,6-7H2,1H3. The Balaban J connectivity index is 1.99. The molecule has 1 heterocycles. The van der Waals surface area contributed by atoms with Crippen LogP contribution in [-0.2, 0) is 5.60 Å². The SMILES string of the molecule is CC1CC(O)(c2c(F)ccc(Br)c2F)CN1C1CC1. The van der Waals surface area contributed by atoms with Crippen molar-refractivity contribution < 1.29 is 13.9 Å². The monoisotopic (exact) mass is 331 g/mol. The summed E-state index contributed by atoms with van der Waals surface area (Å²) in [7, 11) is 0. The number of likely N-dealkylation sites (tertiary alicyclic amines) is 1. The Kier molecular flexibility index (Phi) is 3.19. The molecule has 19 heavy (non-hydrogen) atoms. The molecule has 104 valence electrons. The molecule has 2 atom stereocenters. The van der Waals surface area contributed by atoms with Gasteiger partial charge in [-0.3, -0.25) is 4.90 Å². The second-order valence-electron chi connectivity index (χ2n) is 5.71. The van der Waals surface area contributed by atoms with Gasteiger partial charge in [-0.2, -0.15) is 0 Å². The maximum atomic E-state index is 14.2. The minimum absolute atomic E-state index is 0.148. The summed E-state index contributed by atoms with van der Waals surface area (Å²) in [5.41, 5.74) is -1.63. The van der Waals surface area contributed by atoms with E-state index in [0.29, 0.717) is 19.0 Å². The van der Waals surface area contributed by atoms with E-state index in [2.05, 4.69) is 20.8 Å². The topological polar surface area (TPSA) is 23.5 Å². The third-order valence-corrected chi connectivity index (χ3v) is 4.78. The Morgan fingerprint density at radius 3 is 2.68 bits per heavy atom. The number of hydrogen-bond acceptors (Lipinski definition) is 2. The number of aliphatic hydroxyl groups is 1. The van der Waals surface area contributed by atoms with Crippen LogP contribution >= 0.6 is 15.9 Å². The van der Waals surface area contributed by atoms with Gasteiger partial charge in [0.15, 0.2) is 0 Å². The van der Waals surface area contributed by atoms with E-state index in [1.807, 2.05) is 6.92 Å². The summed E-state index contributed by atoms with van der Waals surface area (Å²) in [6, 6.07) is 3.15. The van der Waals surface area contributed by atoms with Crippen LogP contribution in [-0.4, -0.2) is 28.6 Å². The van der Waals surface area contributed by atoms with Crippen molar-refractivity contribution >= 4 is 15.9 Å². The van der Waals surface area contributed by atoms with Gasteiger partial charge in [0.2, 0.25) is 0 Å². The number of β-amino-alcohol motifs (C(OH)–C–C–N with tert-alkyl or cyclic N) is 1. The van der Waals surface area contributed by atoms with E-state index in [-0.39, 0.29) is 16.1 Å². The van der Waals surface area contributed by atoms with Crippen LogP contribution in [0.5, 0.6) is 0 Å². The van der Waals surface area contributed by atoms with Gasteiger partial charge in [0.05, 0.1) is 10.0 Å². The highest BCUT2D eigenvalue weighted by Gasteiger charge is 2.49. The number of hydrogen-bond donors (Lipinski definition) is 1. The number of nitrogens with zero attached hydrogens (tertiary/aromatic N) is 1. The van der Waals surface area contributed by atoms with Crippen LogP contribution in [0.3, 0.4) is 0 Å². The lowest BCUT2D eigenvalue weighted by Gasteiger charge is -2.25. The summed E-state index contributed by atoms with van der Waals surface area (Å²) in [4.78, 5) is 2.17. The van der Waals surface area contributed by atoms with Gasteiger partial charge in [0, 0.05) is 18.6 Å². The molecule has 0 aromatic heterocycles. The molecule has 1 N–H and O–H groups in total. The lowest BCUT2D eigenvalue weighted by Crippen LogP contribution is -2.34. The Morgan fingerprint density at radius 1 is 1.37 bits per heavy atom. The molecule has 1 aromatic carbocycles. The van der Waals surface area contributed by atoms with Crippen molar-refractivity contribution in [2.75, 3.05) is 6.54 Å². The molecule has 2 nitrogen and oxygen atoms in total. The molecule has 2 unspecified atom stereocenters. The lowest BCUT2D eigenvalue weighted by molar-refractivity contribution is 0.0377. The zero-order valence-corrected chi connectivity index (χ0v) is 12.3. The molecule has 5 heteroatoms. The van der Waals surface area contributed by atoms with E-state index in [1.54, 1.807) is 0 Å². The minimum Gasteiger partial charge on any atom is -0.384 e. The lowest BCUT2D eigenvalue weighted by atomic mass is 9.90. The molecule has 3 rings (SSSR count). The molecule has 0 bridgehead atoms. The van der Waals surface area contributed by atoms with Gasteiger partial charge < -0.3 is 5.11 Å². The van der Waals surface area contributed by atoms with Crippen molar-refractivity contribution in [3.63, 3.8) is 0 Å². The third-order valence-electron chi connectivity index (χ3n) is 4.17. The van der Waals surface area contributed by atoms with Gasteiger partial charge in [0.1, 0.15) is 17.2 Å². The Hall–Kier alpha value is -0.520. The van der Waals surface area contributed by atoms with Crippen molar-refractivity contribution in [1.82, 2.24) is 4.90 Å². The van der Waals surface area contributed by atoms with Crippen molar-refractivity contribution in [3.05, 3.63) is 33.8 Å². The van der Waals surface area contributed by atoms with Crippen LogP contribution < -0.4 is 0 Å². The van der Waals surface area contributed by atoms with Crippen LogP contribution in [0, 0.1) is 11.6 Å². The largest absolute Gasteiger partial charge is 0.384 e. The summed E-state index contributed by atoms with van der Waals surface area (Å²) in [6.07, 6.45) is 2.60. The molecule has 2 fully saturated rings. The molecule has 1 aliphatic heterocycles. The minimum atomic E-state index is -1.43. The smallest absolute Gasteiger partial charge is 0.146 e. The molecule has 1 aliphatic carbocycles. The Bertz CT molecular complexity index is 520. The molecule has 1 saturated heterocycles. The van der Waals surface area contributed by atoms with Crippen molar-refractivity contribution in [3.8, 4) is 0 Å². The van der Waals surface area contributed by atoms with Crippen LogP contribution in [0.25, 0.3) is 0 Å². The van der Waals surface area contributed by atoms with Gasteiger partial charge in [-0.25, -0.2) is 8.78 Å². The fourth-order valence-electron chi connectivity index (χ4n) is 3.16. The first-order chi connectivity index (χ1) is 8.92. The average Bonchev–Trinajstić information content (AvgIpc) is 3.11. The quantitative estimate of drug-likeness (QED) is 0.841. The van der Waals surface area contributed by atoms with E-state index >= 15 is 0 Å². The van der Waals surface area contributed by atoms with Gasteiger partial charge in [-0.05, 0) is 54.2 Å². The first-order valence-electron chi connectivity index (χ1n) is 6.54. The number of rotatable bonds is 2. The fourth-order valence-corrected chi connectivity index (χ4v) is 3.49. The third kappa shape index (κ3) is 2.22. The molecule has 0 radical (unpaired) electrons. The van der Waals surface area contributed by atoms with Crippen molar-refractivity contribution in [1.29, 1.82) is 0 Å². The van der Waals surface area contributed by atoms with Crippen LogP contribution in [0.15, 0.2) is 16.6 Å². The van der Waals surface area contributed by atoms with E-state index in [1.165, 1.54) is 12.1 Å². The summed E-state index contributed by atoms with van der Waals surface area (Å²) in [6.45, 7) is 2.31. The summed E-state index contributed by atoms with van der Waals surface area (Å²) < 4.78 is 28.3. The summed E-state index contributed by atoms with van der Waals surface area (Å²) in [5.74, 6) is -1.36. The maximum absolute atomic E-state index is 14.2. The predicted molar refractivity (Wildman–Crippen MR) is 71.8 cm³/mol. The second-order valence-corrected chi connectivity index (χ2v) is 6.56. The number of benzene rings is 1. The Labute approximate surface area is 119 Å². The highest BCUT2D eigenvalue weighted by atomic mass is 79.9. The molecular weight excluding hydrogens is 316 g/mol. The highest BCUT2D eigenvalue weighted by Crippen LogP contribution is 2.43. The zero-order valence-electron chi connectivity index (χ0n) is 10.7. The van der Waals surface area contributed by atoms with E-state index in [9.17, 15) is 13.9 Å². The zero-order chi connectivity index (χ0) is 13.8. The van der Waals surface area contributed by atoms with Crippen LogP contribution in [0.4, 0.5) is 8.78 Å². The Morgan fingerprint density at radius 2 is 2.05 bits per heavy atom. The first-order valence-corrected chi connectivity index (χ1v) is 7.34. The summed E-state index contributed by atoms with van der Waals surface area (Å²) >= 11 is 3.06. The van der Waals surface area contributed by atoms with Crippen LogP contribution in [0.2, 0.25) is 0 Å². The van der Waals surface area contributed by atoms with E-state index < -0.39 is 17.2 Å². The summed E-state index contributed by atoms with van der Waals surface area (Å²) in [5, 5.41) is 10.7. The van der Waals surface area contributed by atoms with Crippen LogP contribution in [0.1, 0.15) is 31.7 Å². The van der Waals surface area contributed by atoms with Gasteiger partial charge in [-0.15, -0.1) is 0 Å². The van der Waals surface area contributed by atoms with E-state index in [0.717, 1.165) is 12.8 Å². The average molecular weight is 332 g/mol. The van der Waals surface area contributed by atoms with Gasteiger partial charge in [-0.1, -0.05) is 0 Å². The molecule has 1 aromatic rings. The maximum Gasteiger partial charge on any atom is 0.146 e. The first kappa shape index (κ1) is 13.5. The molecule has 1 saturated carbocycles. The normalized spacial score (nSPS) is 31.9. The van der Waals surface area contributed by atoms with Crippen molar-refractivity contribution in [2.24, 2.45) is 0 Å². The predicted octanol–water partition coefficient (Wildman–Crippen LogP) is 3.17. The molecule has 0 spiro atoms. The number of halogens is 3.